The highest BCUT2D eigenvalue weighted by molar-refractivity contribution is 5.93. The third-order valence-corrected chi connectivity index (χ3v) is 6.12. The summed E-state index contributed by atoms with van der Waals surface area (Å²) >= 11 is 0. The van der Waals surface area contributed by atoms with Gasteiger partial charge in [-0.3, -0.25) is 4.90 Å². The molecule has 0 aliphatic carbocycles. The lowest BCUT2D eigenvalue weighted by atomic mass is 9.96. The minimum absolute atomic E-state index is 0.293. The highest BCUT2D eigenvalue weighted by Crippen LogP contribution is 2.33. The van der Waals surface area contributed by atoms with Crippen molar-refractivity contribution in [3.8, 4) is 5.75 Å². The number of aromatic nitrogens is 1. The van der Waals surface area contributed by atoms with Gasteiger partial charge in [0.15, 0.2) is 0 Å². The molecule has 3 aromatic carbocycles. The van der Waals surface area contributed by atoms with E-state index >= 15 is 0 Å². The van der Waals surface area contributed by atoms with Crippen LogP contribution in [-0.4, -0.2) is 43.2 Å². The Hall–Kier alpha value is -3.24. The second kappa shape index (κ2) is 8.25. The minimum atomic E-state index is 0.293. The van der Waals surface area contributed by atoms with E-state index in [1.807, 2.05) is 6.07 Å². The summed E-state index contributed by atoms with van der Waals surface area (Å²) in [5.74, 6) is 0.884. The molecule has 4 heteroatoms. The number of anilines is 1. The van der Waals surface area contributed by atoms with E-state index in [9.17, 15) is 0 Å². The number of rotatable bonds is 5. The number of nitrogens with zero attached hydrogens (tertiary/aromatic N) is 2. The Morgan fingerprint density at radius 3 is 2.03 bits per heavy atom. The van der Waals surface area contributed by atoms with Crippen molar-refractivity contribution in [3.05, 3.63) is 96.2 Å². The number of benzene rings is 3. The third-order valence-electron chi connectivity index (χ3n) is 6.12. The van der Waals surface area contributed by atoms with Crippen molar-refractivity contribution in [2.24, 2.45) is 0 Å². The standard InChI is InChI=1S/C26H27N3O/c1-30-22-12-13-23-24(18-22)27-19-25(23)28-14-16-29(17-15-28)26(20-8-4-2-5-9-20)21-10-6-3-7-11-21/h2-13,18-19,26-27H,14-17H2,1H3. The Morgan fingerprint density at radius 1 is 0.800 bits per heavy atom. The van der Waals surface area contributed by atoms with E-state index in [4.69, 9.17) is 4.74 Å². The Bertz CT molecular complexity index is 1060. The van der Waals surface area contributed by atoms with Crippen molar-refractivity contribution in [3.63, 3.8) is 0 Å². The van der Waals surface area contributed by atoms with Crippen LogP contribution in [0.4, 0.5) is 5.69 Å². The summed E-state index contributed by atoms with van der Waals surface area (Å²) in [6.07, 6.45) is 2.13. The van der Waals surface area contributed by atoms with Gasteiger partial charge < -0.3 is 14.6 Å². The Morgan fingerprint density at radius 2 is 1.43 bits per heavy atom. The van der Waals surface area contributed by atoms with E-state index in [-0.39, 0.29) is 0 Å². The van der Waals surface area contributed by atoms with Gasteiger partial charge in [-0.1, -0.05) is 60.7 Å². The average Bonchev–Trinajstić information content (AvgIpc) is 3.24. The molecule has 0 radical (unpaired) electrons. The molecular formula is C26H27N3O. The normalized spacial score (nSPS) is 15.1. The van der Waals surface area contributed by atoms with Crippen LogP contribution in [0.3, 0.4) is 0 Å². The van der Waals surface area contributed by atoms with Crippen LogP contribution in [0, 0.1) is 0 Å². The number of methoxy groups -OCH3 is 1. The fraction of sp³-hybridized carbons (Fsp3) is 0.231. The van der Waals surface area contributed by atoms with Crippen LogP contribution < -0.4 is 9.64 Å². The van der Waals surface area contributed by atoms with Crippen LogP contribution in [0.5, 0.6) is 5.75 Å². The third kappa shape index (κ3) is 3.55. The molecule has 1 saturated heterocycles. The lowest BCUT2D eigenvalue weighted by Crippen LogP contribution is -2.47. The molecule has 1 N–H and O–H groups in total. The molecule has 5 rings (SSSR count). The molecule has 0 spiro atoms. The van der Waals surface area contributed by atoms with Gasteiger partial charge in [-0.15, -0.1) is 0 Å². The van der Waals surface area contributed by atoms with Gasteiger partial charge in [-0.05, 0) is 23.3 Å². The van der Waals surface area contributed by atoms with Crippen molar-refractivity contribution in [1.82, 2.24) is 9.88 Å². The molecule has 1 aliphatic rings. The van der Waals surface area contributed by atoms with Crippen molar-refractivity contribution in [1.29, 1.82) is 0 Å². The first-order chi connectivity index (χ1) is 14.8. The van der Waals surface area contributed by atoms with E-state index < -0.39 is 0 Å². The van der Waals surface area contributed by atoms with Crippen LogP contribution in [0.25, 0.3) is 10.9 Å². The largest absolute Gasteiger partial charge is 0.497 e. The molecule has 152 valence electrons. The van der Waals surface area contributed by atoms with Gasteiger partial charge in [0.25, 0.3) is 0 Å². The summed E-state index contributed by atoms with van der Waals surface area (Å²) in [5, 5.41) is 1.26. The predicted molar refractivity (Wildman–Crippen MR) is 123 cm³/mol. The van der Waals surface area contributed by atoms with Crippen molar-refractivity contribution in [2.45, 2.75) is 6.04 Å². The molecule has 1 fully saturated rings. The number of nitrogens with one attached hydrogen (secondary N) is 1. The molecular weight excluding hydrogens is 370 g/mol. The summed E-state index contributed by atoms with van der Waals surface area (Å²) in [7, 11) is 1.71. The van der Waals surface area contributed by atoms with Gasteiger partial charge in [0.05, 0.1) is 24.4 Å². The van der Waals surface area contributed by atoms with Gasteiger partial charge in [0, 0.05) is 43.8 Å². The number of ether oxygens (including phenoxy) is 1. The maximum Gasteiger partial charge on any atom is 0.120 e. The van der Waals surface area contributed by atoms with Crippen LogP contribution in [0.1, 0.15) is 17.2 Å². The van der Waals surface area contributed by atoms with Gasteiger partial charge in [-0.2, -0.15) is 0 Å². The molecule has 4 nitrogen and oxygen atoms in total. The molecule has 2 heterocycles. The van der Waals surface area contributed by atoms with E-state index in [1.165, 1.54) is 22.2 Å². The van der Waals surface area contributed by atoms with E-state index in [0.29, 0.717) is 6.04 Å². The summed E-state index contributed by atoms with van der Waals surface area (Å²) in [6, 6.07) is 28.3. The highest BCUT2D eigenvalue weighted by atomic mass is 16.5. The maximum absolute atomic E-state index is 5.36. The highest BCUT2D eigenvalue weighted by Gasteiger charge is 2.27. The van der Waals surface area contributed by atoms with Crippen LogP contribution >= 0.6 is 0 Å². The van der Waals surface area contributed by atoms with Gasteiger partial charge in [0.2, 0.25) is 0 Å². The van der Waals surface area contributed by atoms with E-state index in [0.717, 1.165) is 37.4 Å². The van der Waals surface area contributed by atoms with Crippen LogP contribution in [0.15, 0.2) is 85.1 Å². The van der Waals surface area contributed by atoms with Crippen molar-refractivity contribution >= 4 is 16.6 Å². The molecule has 1 aromatic heterocycles. The van der Waals surface area contributed by atoms with Gasteiger partial charge in [-0.25, -0.2) is 0 Å². The van der Waals surface area contributed by atoms with Gasteiger partial charge >= 0.3 is 0 Å². The summed E-state index contributed by atoms with van der Waals surface area (Å²) in [4.78, 5) is 8.52. The molecule has 0 amide bonds. The SMILES string of the molecule is COc1ccc2c(N3CCN(C(c4ccccc4)c4ccccc4)CC3)c[nH]c2c1. The summed E-state index contributed by atoms with van der Waals surface area (Å²) in [5.41, 5.74) is 5.12. The maximum atomic E-state index is 5.36. The van der Waals surface area contributed by atoms with E-state index in [2.05, 4.69) is 93.8 Å². The Balaban J connectivity index is 1.38. The number of hydrogen-bond donors (Lipinski definition) is 1. The number of H-pyrrole nitrogens is 1. The van der Waals surface area contributed by atoms with Crippen LogP contribution in [0.2, 0.25) is 0 Å². The molecule has 1 aliphatic heterocycles. The van der Waals surface area contributed by atoms with E-state index in [1.54, 1.807) is 7.11 Å². The van der Waals surface area contributed by atoms with Crippen LogP contribution in [-0.2, 0) is 0 Å². The fourth-order valence-electron chi connectivity index (χ4n) is 4.58. The molecule has 30 heavy (non-hydrogen) atoms. The zero-order chi connectivity index (χ0) is 20.3. The summed E-state index contributed by atoms with van der Waals surface area (Å²) in [6.45, 7) is 4.07. The first kappa shape index (κ1) is 18.8. The molecule has 0 saturated carbocycles. The number of aromatic amines is 1. The second-order valence-corrected chi connectivity index (χ2v) is 7.83. The number of piperazine rings is 1. The molecule has 0 bridgehead atoms. The zero-order valence-electron chi connectivity index (χ0n) is 17.3. The molecule has 0 unspecified atom stereocenters. The topological polar surface area (TPSA) is 31.5 Å². The first-order valence-corrected chi connectivity index (χ1v) is 10.6. The number of hydrogen-bond acceptors (Lipinski definition) is 3. The minimum Gasteiger partial charge on any atom is -0.497 e. The molecule has 4 aromatic rings. The van der Waals surface area contributed by atoms with Crippen molar-refractivity contribution in [2.75, 3.05) is 38.2 Å². The second-order valence-electron chi connectivity index (χ2n) is 7.83. The fourth-order valence-corrected chi connectivity index (χ4v) is 4.58. The molecule has 0 atom stereocenters. The first-order valence-electron chi connectivity index (χ1n) is 10.6. The quantitative estimate of drug-likeness (QED) is 0.509. The average molecular weight is 398 g/mol. The zero-order valence-corrected chi connectivity index (χ0v) is 17.3. The lowest BCUT2D eigenvalue weighted by Gasteiger charge is -2.40. The predicted octanol–water partition coefficient (Wildman–Crippen LogP) is 5.09. The smallest absolute Gasteiger partial charge is 0.120 e. The monoisotopic (exact) mass is 397 g/mol. The van der Waals surface area contributed by atoms with Gasteiger partial charge in [0.1, 0.15) is 5.75 Å². The Labute approximate surface area is 177 Å². The summed E-state index contributed by atoms with van der Waals surface area (Å²) < 4.78 is 5.36. The lowest BCUT2D eigenvalue weighted by molar-refractivity contribution is 0.212. The Kier molecular flexibility index (Phi) is 5.16. The van der Waals surface area contributed by atoms with Crippen molar-refractivity contribution < 1.29 is 4.74 Å². The number of fused-ring (bicyclic) bond motifs is 1.